The zero-order valence-electron chi connectivity index (χ0n) is 10.5. The monoisotopic (exact) mass is 278 g/mol. The molecule has 3 rings (SSSR count). The lowest BCUT2D eigenvalue weighted by atomic mass is 10.4. The number of hydrogen-bond acceptors (Lipinski definition) is 3. The van der Waals surface area contributed by atoms with E-state index in [1.54, 1.807) is 6.20 Å². The maximum atomic E-state index is 12.2. The van der Waals surface area contributed by atoms with Crippen molar-refractivity contribution >= 4 is 28.7 Å². The molecule has 0 bridgehead atoms. The van der Waals surface area contributed by atoms with Crippen LogP contribution in [0.2, 0.25) is 0 Å². The van der Waals surface area contributed by atoms with Gasteiger partial charge in [0, 0.05) is 19.3 Å². The second-order valence-electron chi connectivity index (χ2n) is 4.68. The van der Waals surface area contributed by atoms with Crippen LogP contribution in [0.5, 0.6) is 0 Å². The van der Waals surface area contributed by atoms with Crippen molar-refractivity contribution in [1.82, 2.24) is 19.4 Å². The van der Waals surface area contributed by atoms with E-state index in [1.807, 2.05) is 21.6 Å². The SMILES string of the molecule is O=C(Cn1c(CCl)nc2cccnc21)N1CCCC1. The maximum absolute atomic E-state index is 12.2. The number of aromatic nitrogens is 3. The van der Waals surface area contributed by atoms with Crippen molar-refractivity contribution in [3.8, 4) is 0 Å². The Kier molecular flexibility index (Phi) is 3.38. The molecular formula is C13H15ClN4O. The summed E-state index contributed by atoms with van der Waals surface area (Å²) in [6, 6.07) is 3.72. The zero-order chi connectivity index (χ0) is 13.2. The molecule has 1 aliphatic heterocycles. The fourth-order valence-corrected chi connectivity index (χ4v) is 2.68. The summed E-state index contributed by atoms with van der Waals surface area (Å²) in [7, 11) is 0. The highest BCUT2D eigenvalue weighted by atomic mass is 35.5. The van der Waals surface area contributed by atoms with E-state index in [0.717, 1.165) is 37.1 Å². The van der Waals surface area contributed by atoms with E-state index in [9.17, 15) is 4.79 Å². The van der Waals surface area contributed by atoms with Crippen LogP contribution in [0.3, 0.4) is 0 Å². The summed E-state index contributed by atoms with van der Waals surface area (Å²) in [6.07, 6.45) is 3.90. The smallest absolute Gasteiger partial charge is 0.242 e. The molecule has 2 aromatic heterocycles. The first-order valence-corrected chi connectivity index (χ1v) is 6.97. The predicted molar refractivity (Wildman–Crippen MR) is 72.9 cm³/mol. The maximum Gasteiger partial charge on any atom is 0.242 e. The van der Waals surface area contributed by atoms with Crippen molar-refractivity contribution in [3.05, 3.63) is 24.2 Å². The fourth-order valence-electron chi connectivity index (χ4n) is 2.48. The van der Waals surface area contributed by atoms with Gasteiger partial charge in [0.2, 0.25) is 5.91 Å². The zero-order valence-corrected chi connectivity index (χ0v) is 11.3. The minimum Gasteiger partial charge on any atom is -0.341 e. The standard InChI is InChI=1S/C13H15ClN4O/c14-8-11-16-10-4-3-5-15-13(10)18(11)9-12(19)17-6-1-2-7-17/h3-5H,1-2,6-9H2. The first kappa shape index (κ1) is 12.4. The first-order valence-electron chi connectivity index (χ1n) is 6.43. The Balaban J connectivity index is 1.92. The van der Waals surface area contributed by atoms with Crippen molar-refractivity contribution in [3.63, 3.8) is 0 Å². The summed E-state index contributed by atoms with van der Waals surface area (Å²) in [5.74, 6) is 1.10. The lowest BCUT2D eigenvalue weighted by Gasteiger charge is -2.16. The Hall–Kier alpha value is -1.62. The molecule has 1 aliphatic rings. The number of alkyl halides is 1. The number of imidazole rings is 1. The highest BCUT2D eigenvalue weighted by Gasteiger charge is 2.20. The topological polar surface area (TPSA) is 51.0 Å². The predicted octanol–water partition coefficient (Wildman–Crippen LogP) is 1.79. The van der Waals surface area contributed by atoms with E-state index >= 15 is 0 Å². The summed E-state index contributed by atoms with van der Waals surface area (Å²) >= 11 is 5.91. The lowest BCUT2D eigenvalue weighted by Crippen LogP contribution is -2.31. The molecule has 0 N–H and O–H groups in total. The van der Waals surface area contributed by atoms with E-state index in [2.05, 4.69) is 9.97 Å². The molecule has 6 heteroatoms. The number of rotatable bonds is 3. The fraction of sp³-hybridized carbons (Fsp3) is 0.462. The average Bonchev–Trinajstić information content (AvgIpc) is 3.06. The molecule has 19 heavy (non-hydrogen) atoms. The third kappa shape index (κ3) is 2.30. The number of carbonyl (C=O) groups is 1. The van der Waals surface area contributed by atoms with Crippen LogP contribution in [-0.2, 0) is 17.2 Å². The van der Waals surface area contributed by atoms with E-state index < -0.39 is 0 Å². The molecule has 3 heterocycles. The van der Waals surface area contributed by atoms with Gasteiger partial charge in [-0.2, -0.15) is 0 Å². The third-order valence-electron chi connectivity index (χ3n) is 3.45. The third-order valence-corrected chi connectivity index (χ3v) is 3.69. The molecule has 0 unspecified atom stereocenters. The van der Waals surface area contributed by atoms with Crippen molar-refractivity contribution < 1.29 is 4.79 Å². The number of pyridine rings is 1. The second-order valence-corrected chi connectivity index (χ2v) is 4.95. The number of likely N-dealkylation sites (tertiary alicyclic amines) is 1. The van der Waals surface area contributed by atoms with Gasteiger partial charge in [0.1, 0.15) is 17.9 Å². The molecule has 0 radical (unpaired) electrons. The molecule has 1 amide bonds. The summed E-state index contributed by atoms with van der Waals surface area (Å²) < 4.78 is 1.82. The van der Waals surface area contributed by atoms with Gasteiger partial charge in [0.05, 0.1) is 5.88 Å². The Morgan fingerprint density at radius 3 is 2.89 bits per heavy atom. The Morgan fingerprint density at radius 1 is 1.37 bits per heavy atom. The molecule has 2 aromatic rings. The number of fused-ring (bicyclic) bond motifs is 1. The van der Waals surface area contributed by atoms with Crippen LogP contribution >= 0.6 is 11.6 Å². The molecule has 0 aromatic carbocycles. The number of amides is 1. The van der Waals surface area contributed by atoms with Gasteiger partial charge < -0.3 is 9.47 Å². The quantitative estimate of drug-likeness (QED) is 0.805. The molecule has 100 valence electrons. The van der Waals surface area contributed by atoms with Gasteiger partial charge in [-0.25, -0.2) is 9.97 Å². The van der Waals surface area contributed by atoms with E-state index in [4.69, 9.17) is 11.6 Å². The van der Waals surface area contributed by atoms with E-state index in [1.165, 1.54) is 0 Å². The van der Waals surface area contributed by atoms with Gasteiger partial charge in [-0.05, 0) is 25.0 Å². The van der Waals surface area contributed by atoms with Gasteiger partial charge in [0.15, 0.2) is 5.65 Å². The lowest BCUT2D eigenvalue weighted by molar-refractivity contribution is -0.130. The van der Waals surface area contributed by atoms with Crippen LogP contribution < -0.4 is 0 Å². The Bertz CT molecular complexity index is 604. The molecular weight excluding hydrogens is 264 g/mol. The van der Waals surface area contributed by atoms with Crippen LogP contribution in [0.25, 0.3) is 11.2 Å². The summed E-state index contributed by atoms with van der Waals surface area (Å²) in [6.45, 7) is 1.99. The first-order chi connectivity index (χ1) is 9.29. The molecule has 1 fully saturated rings. The van der Waals surface area contributed by atoms with Gasteiger partial charge in [-0.1, -0.05) is 0 Å². The van der Waals surface area contributed by atoms with Crippen LogP contribution in [0.4, 0.5) is 0 Å². The molecule has 1 saturated heterocycles. The minimum absolute atomic E-state index is 0.119. The Labute approximate surface area is 116 Å². The van der Waals surface area contributed by atoms with Crippen molar-refractivity contribution in [2.75, 3.05) is 13.1 Å². The highest BCUT2D eigenvalue weighted by Crippen LogP contribution is 2.16. The van der Waals surface area contributed by atoms with Gasteiger partial charge >= 0.3 is 0 Å². The number of nitrogens with zero attached hydrogens (tertiary/aromatic N) is 4. The van der Waals surface area contributed by atoms with E-state index in [-0.39, 0.29) is 18.3 Å². The van der Waals surface area contributed by atoms with Crippen LogP contribution in [0.15, 0.2) is 18.3 Å². The van der Waals surface area contributed by atoms with Crippen LogP contribution in [0, 0.1) is 0 Å². The molecule has 0 saturated carbocycles. The number of halogens is 1. The molecule has 0 spiro atoms. The highest BCUT2D eigenvalue weighted by molar-refractivity contribution is 6.16. The average molecular weight is 279 g/mol. The van der Waals surface area contributed by atoms with Gasteiger partial charge in [0.25, 0.3) is 0 Å². The molecule has 0 atom stereocenters. The van der Waals surface area contributed by atoms with E-state index in [0.29, 0.717) is 5.82 Å². The van der Waals surface area contributed by atoms with Gasteiger partial charge in [-0.3, -0.25) is 4.79 Å². The summed E-state index contributed by atoms with van der Waals surface area (Å²) in [5.41, 5.74) is 1.51. The van der Waals surface area contributed by atoms with Crippen molar-refractivity contribution in [2.24, 2.45) is 0 Å². The van der Waals surface area contributed by atoms with Crippen LogP contribution in [0.1, 0.15) is 18.7 Å². The number of hydrogen-bond donors (Lipinski definition) is 0. The second kappa shape index (κ2) is 5.17. The Morgan fingerprint density at radius 2 is 2.16 bits per heavy atom. The van der Waals surface area contributed by atoms with Gasteiger partial charge in [-0.15, -0.1) is 11.6 Å². The van der Waals surface area contributed by atoms with Crippen LogP contribution in [-0.4, -0.2) is 38.4 Å². The normalized spacial score (nSPS) is 15.3. The number of carbonyl (C=O) groups excluding carboxylic acids is 1. The van der Waals surface area contributed by atoms with Crippen molar-refractivity contribution in [2.45, 2.75) is 25.3 Å². The van der Waals surface area contributed by atoms with Crippen molar-refractivity contribution in [1.29, 1.82) is 0 Å². The largest absolute Gasteiger partial charge is 0.341 e. The minimum atomic E-state index is 0.119. The summed E-state index contributed by atoms with van der Waals surface area (Å²) in [4.78, 5) is 22.8. The molecule has 5 nitrogen and oxygen atoms in total. The summed E-state index contributed by atoms with van der Waals surface area (Å²) in [5, 5.41) is 0. The molecule has 0 aliphatic carbocycles.